The molecule has 1 heterocycles. The third kappa shape index (κ3) is 4.15. The molecule has 1 atom stereocenters. The number of ether oxygens (including phenoxy) is 1. The summed E-state index contributed by atoms with van der Waals surface area (Å²) in [4.78, 5) is 29.4. The average molecular weight is 405 g/mol. The third-order valence-electron chi connectivity index (χ3n) is 3.93. The van der Waals surface area contributed by atoms with E-state index in [0.29, 0.717) is 32.6 Å². The highest BCUT2D eigenvalue weighted by atomic mass is 35.5. The molecule has 27 heavy (non-hydrogen) atoms. The summed E-state index contributed by atoms with van der Waals surface area (Å²) in [5, 5.41) is 3.68. The number of benzodiazepines with no additional fused rings is 1. The number of halogens is 2. The van der Waals surface area contributed by atoms with Crippen molar-refractivity contribution in [2.75, 3.05) is 5.32 Å². The summed E-state index contributed by atoms with van der Waals surface area (Å²) >= 11 is 12.5. The van der Waals surface area contributed by atoms with Gasteiger partial charge in [-0.25, -0.2) is 4.99 Å². The zero-order valence-corrected chi connectivity index (χ0v) is 16.6. The van der Waals surface area contributed by atoms with Gasteiger partial charge in [-0.15, -0.1) is 0 Å². The topological polar surface area (TPSA) is 67.8 Å². The Kier molecular flexibility index (Phi) is 5.27. The lowest BCUT2D eigenvalue weighted by Gasteiger charge is -2.20. The monoisotopic (exact) mass is 404 g/mol. The highest BCUT2D eigenvalue weighted by Crippen LogP contribution is 2.30. The summed E-state index contributed by atoms with van der Waals surface area (Å²) in [5.74, 6) is -1.08. The number of rotatable bonds is 2. The zero-order valence-electron chi connectivity index (χ0n) is 15.0. The van der Waals surface area contributed by atoms with Crippen molar-refractivity contribution < 1.29 is 14.3 Å². The molecule has 1 aliphatic rings. The van der Waals surface area contributed by atoms with E-state index in [1.165, 1.54) is 0 Å². The van der Waals surface area contributed by atoms with Crippen LogP contribution in [0.4, 0.5) is 5.69 Å². The molecule has 0 bridgehead atoms. The minimum atomic E-state index is -1.34. The van der Waals surface area contributed by atoms with Crippen LogP contribution >= 0.6 is 23.2 Å². The number of esters is 1. The standard InChI is InChI=1S/C20H18Cl2N2O3/c1-20(2,3)19(26)27-18-17(25)23-15-9-8-11(21)10-13(15)16(24-18)12-6-4-5-7-14(12)22/h4-10,18H,1-3H3,(H,23,25). The normalized spacial score (nSPS) is 16.7. The Morgan fingerprint density at radius 1 is 1.11 bits per heavy atom. The van der Waals surface area contributed by atoms with Crippen molar-refractivity contribution in [1.29, 1.82) is 0 Å². The number of hydrogen-bond acceptors (Lipinski definition) is 4. The molecule has 0 aromatic heterocycles. The first-order valence-electron chi connectivity index (χ1n) is 8.31. The summed E-state index contributed by atoms with van der Waals surface area (Å²) in [7, 11) is 0. The summed E-state index contributed by atoms with van der Waals surface area (Å²) in [5.41, 5.74) is 1.36. The first-order chi connectivity index (χ1) is 12.7. The molecule has 140 valence electrons. The van der Waals surface area contributed by atoms with Gasteiger partial charge >= 0.3 is 5.97 Å². The highest BCUT2D eigenvalue weighted by Gasteiger charge is 2.33. The van der Waals surface area contributed by atoms with Gasteiger partial charge in [-0.05, 0) is 45.0 Å². The fourth-order valence-corrected chi connectivity index (χ4v) is 2.88. The number of carbonyl (C=O) groups is 2. The summed E-state index contributed by atoms with van der Waals surface area (Å²) < 4.78 is 5.39. The number of benzene rings is 2. The van der Waals surface area contributed by atoms with Crippen LogP contribution in [0.1, 0.15) is 31.9 Å². The molecule has 0 radical (unpaired) electrons. The second-order valence-corrected chi connectivity index (χ2v) is 7.99. The maximum absolute atomic E-state index is 12.6. The van der Waals surface area contributed by atoms with Gasteiger partial charge in [0.1, 0.15) is 0 Å². The molecule has 1 aliphatic heterocycles. The van der Waals surface area contributed by atoms with E-state index >= 15 is 0 Å². The fourth-order valence-electron chi connectivity index (χ4n) is 2.49. The average Bonchev–Trinajstić information content (AvgIpc) is 2.72. The van der Waals surface area contributed by atoms with Crippen molar-refractivity contribution >= 4 is 46.5 Å². The van der Waals surface area contributed by atoms with Crippen LogP contribution in [0.3, 0.4) is 0 Å². The van der Waals surface area contributed by atoms with Crippen molar-refractivity contribution in [3.8, 4) is 0 Å². The van der Waals surface area contributed by atoms with Gasteiger partial charge in [-0.1, -0.05) is 41.4 Å². The van der Waals surface area contributed by atoms with Gasteiger partial charge in [0.25, 0.3) is 12.1 Å². The summed E-state index contributed by atoms with van der Waals surface area (Å²) in [6, 6.07) is 12.1. The Labute approximate surface area is 167 Å². The second kappa shape index (κ2) is 7.33. The van der Waals surface area contributed by atoms with Crippen molar-refractivity contribution in [3.63, 3.8) is 0 Å². The number of aliphatic imine (C=N–C) groups is 1. The molecular weight excluding hydrogens is 387 g/mol. The molecule has 0 saturated heterocycles. The quantitative estimate of drug-likeness (QED) is 0.737. The number of nitrogens with zero attached hydrogens (tertiary/aromatic N) is 1. The lowest BCUT2D eigenvalue weighted by molar-refractivity contribution is -0.161. The van der Waals surface area contributed by atoms with Gasteiger partial charge in [-0.3, -0.25) is 9.59 Å². The molecule has 0 saturated carbocycles. The second-order valence-electron chi connectivity index (χ2n) is 7.14. The van der Waals surface area contributed by atoms with Crippen molar-refractivity contribution in [2.24, 2.45) is 10.4 Å². The SMILES string of the molecule is CC(C)(C)C(=O)OC1N=C(c2ccccc2Cl)c2cc(Cl)ccc2NC1=O. The minimum absolute atomic E-state index is 0.420. The fraction of sp³-hybridized carbons (Fsp3) is 0.250. The Balaban J connectivity index is 2.15. The van der Waals surface area contributed by atoms with E-state index in [1.807, 2.05) is 6.07 Å². The van der Waals surface area contributed by atoms with Crippen LogP contribution < -0.4 is 5.32 Å². The van der Waals surface area contributed by atoms with Crippen LogP contribution in [0.5, 0.6) is 0 Å². The molecule has 2 aromatic carbocycles. The predicted molar refractivity (Wildman–Crippen MR) is 107 cm³/mol. The van der Waals surface area contributed by atoms with E-state index < -0.39 is 23.5 Å². The van der Waals surface area contributed by atoms with Gasteiger partial charge in [-0.2, -0.15) is 0 Å². The lowest BCUT2D eigenvalue weighted by Crippen LogP contribution is -2.34. The van der Waals surface area contributed by atoms with Gasteiger partial charge in [0.2, 0.25) is 0 Å². The van der Waals surface area contributed by atoms with Crippen LogP contribution in [0.2, 0.25) is 10.0 Å². The number of fused-ring (bicyclic) bond motifs is 1. The molecule has 0 spiro atoms. The molecule has 0 fully saturated rings. The van der Waals surface area contributed by atoms with Crippen LogP contribution in [-0.2, 0) is 14.3 Å². The molecular formula is C20H18Cl2N2O3. The first kappa shape index (κ1) is 19.4. The molecule has 1 N–H and O–H groups in total. The lowest BCUT2D eigenvalue weighted by atomic mass is 9.97. The van der Waals surface area contributed by atoms with E-state index in [-0.39, 0.29) is 0 Å². The molecule has 3 rings (SSSR count). The van der Waals surface area contributed by atoms with Crippen LogP contribution in [0.25, 0.3) is 0 Å². The zero-order chi connectivity index (χ0) is 19.8. The Morgan fingerprint density at radius 3 is 2.48 bits per heavy atom. The molecule has 2 aromatic rings. The third-order valence-corrected chi connectivity index (χ3v) is 4.49. The first-order valence-corrected chi connectivity index (χ1v) is 9.07. The Hall–Kier alpha value is -2.37. The summed E-state index contributed by atoms with van der Waals surface area (Å²) in [6.07, 6.45) is -1.34. The minimum Gasteiger partial charge on any atom is -0.430 e. The van der Waals surface area contributed by atoms with E-state index in [2.05, 4.69) is 10.3 Å². The number of amides is 1. The number of nitrogens with one attached hydrogen (secondary N) is 1. The van der Waals surface area contributed by atoms with Crippen LogP contribution in [0, 0.1) is 5.41 Å². The molecule has 7 heteroatoms. The number of hydrogen-bond donors (Lipinski definition) is 1. The molecule has 5 nitrogen and oxygen atoms in total. The predicted octanol–water partition coefficient (Wildman–Crippen LogP) is 4.70. The maximum Gasteiger partial charge on any atom is 0.313 e. The Morgan fingerprint density at radius 2 is 1.81 bits per heavy atom. The van der Waals surface area contributed by atoms with Crippen LogP contribution in [0.15, 0.2) is 47.5 Å². The number of carbonyl (C=O) groups excluding carboxylic acids is 2. The molecule has 1 unspecified atom stereocenters. The Bertz CT molecular complexity index is 948. The maximum atomic E-state index is 12.6. The highest BCUT2D eigenvalue weighted by molar-refractivity contribution is 6.37. The summed E-state index contributed by atoms with van der Waals surface area (Å²) in [6.45, 7) is 5.12. The van der Waals surface area contributed by atoms with Gasteiger partial charge in [0, 0.05) is 21.2 Å². The largest absolute Gasteiger partial charge is 0.430 e. The molecule has 0 aliphatic carbocycles. The van der Waals surface area contributed by atoms with Crippen molar-refractivity contribution in [2.45, 2.75) is 27.0 Å². The molecule has 1 amide bonds. The van der Waals surface area contributed by atoms with E-state index in [4.69, 9.17) is 27.9 Å². The van der Waals surface area contributed by atoms with Crippen molar-refractivity contribution in [1.82, 2.24) is 0 Å². The van der Waals surface area contributed by atoms with Crippen LogP contribution in [-0.4, -0.2) is 23.8 Å². The van der Waals surface area contributed by atoms with E-state index in [0.717, 1.165) is 0 Å². The van der Waals surface area contributed by atoms with Gasteiger partial charge in [0.15, 0.2) is 0 Å². The van der Waals surface area contributed by atoms with E-state index in [1.54, 1.807) is 57.2 Å². The number of anilines is 1. The van der Waals surface area contributed by atoms with Gasteiger partial charge in [0.05, 0.1) is 16.8 Å². The smallest absolute Gasteiger partial charge is 0.313 e. The van der Waals surface area contributed by atoms with Crippen molar-refractivity contribution in [3.05, 3.63) is 63.6 Å². The van der Waals surface area contributed by atoms with E-state index in [9.17, 15) is 9.59 Å². The van der Waals surface area contributed by atoms with Gasteiger partial charge < -0.3 is 10.1 Å².